The first-order chi connectivity index (χ1) is 19.8. The van der Waals surface area contributed by atoms with Crippen LogP contribution in [0.1, 0.15) is 78.4 Å². The molecule has 1 N–H and O–H groups in total. The number of furan rings is 1. The van der Waals surface area contributed by atoms with Crippen molar-refractivity contribution in [1.29, 1.82) is 0 Å². The van der Waals surface area contributed by atoms with Crippen molar-refractivity contribution in [1.82, 2.24) is 4.98 Å². The van der Waals surface area contributed by atoms with E-state index in [0.29, 0.717) is 0 Å². The number of aliphatic hydroxyl groups is 1. The van der Waals surface area contributed by atoms with Crippen molar-refractivity contribution in [3.8, 4) is 11.3 Å². The van der Waals surface area contributed by atoms with E-state index < -0.39 is 0 Å². The normalized spacial score (nSPS) is 13.7. The molecular weight excluding hydrogens is 699 g/mol. The third-order valence-electron chi connectivity index (χ3n) is 8.87. The first-order valence-corrected chi connectivity index (χ1v) is 15.0. The molecule has 1 aliphatic carbocycles. The topological polar surface area (TPSA) is 63.3 Å². The minimum atomic E-state index is -0.202. The third-order valence-corrected chi connectivity index (χ3v) is 8.87. The van der Waals surface area contributed by atoms with Gasteiger partial charge in [0, 0.05) is 49.6 Å². The first kappa shape index (κ1) is 31.7. The predicted octanol–water partition coefficient (Wildman–Crippen LogP) is 10.1. The molecule has 221 valence electrons. The molecule has 0 saturated carbocycles. The zero-order valence-corrected chi connectivity index (χ0v) is 27.8. The Morgan fingerprint density at radius 1 is 0.929 bits per heavy atom. The Hall–Kier alpha value is -3.27. The number of aromatic nitrogens is 1. The molecule has 1 aliphatic rings. The second-order valence-corrected chi connectivity index (χ2v) is 11.6. The van der Waals surface area contributed by atoms with Crippen LogP contribution < -0.4 is 0 Å². The number of hydrogen-bond acceptors (Lipinski definition) is 4. The number of ketones is 1. The summed E-state index contributed by atoms with van der Waals surface area (Å²) in [6.07, 6.45) is 6.88. The molecule has 0 bridgehead atoms. The van der Waals surface area contributed by atoms with Gasteiger partial charge in [0.2, 0.25) is 0 Å². The number of carbonyl (C=O) groups is 1. The molecule has 0 fully saturated rings. The summed E-state index contributed by atoms with van der Waals surface area (Å²) in [5.41, 5.74) is 6.24. The summed E-state index contributed by atoms with van der Waals surface area (Å²) in [7, 11) is 0. The van der Waals surface area contributed by atoms with Crippen molar-refractivity contribution in [2.24, 2.45) is 11.8 Å². The van der Waals surface area contributed by atoms with Gasteiger partial charge in [-0.25, -0.2) is 0 Å². The minimum Gasteiger partial charge on any atom is -0.512 e. The van der Waals surface area contributed by atoms with E-state index in [1.165, 1.54) is 33.4 Å². The molecule has 0 unspecified atom stereocenters. The molecule has 0 saturated heterocycles. The van der Waals surface area contributed by atoms with Crippen LogP contribution in [0, 0.1) is 17.9 Å². The largest absolute Gasteiger partial charge is 0.512 e. The molecule has 0 amide bonds. The minimum absolute atomic E-state index is 0. The fraction of sp³-hybridized carbons (Fsp3) is 0.351. The van der Waals surface area contributed by atoms with E-state index in [0.717, 1.165) is 53.5 Å². The van der Waals surface area contributed by atoms with Crippen molar-refractivity contribution < 1.29 is 34.4 Å². The Morgan fingerprint density at radius 3 is 2.29 bits per heavy atom. The van der Waals surface area contributed by atoms with Gasteiger partial charge in [0.1, 0.15) is 5.58 Å². The maximum Gasteiger partial charge on any atom is 0.162 e. The van der Waals surface area contributed by atoms with Gasteiger partial charge in [-0.1, -0.05) is 89.4 Å². The molecule has 5 heteroatoms. The Balaban J connectivity index is 0.000000221. The van der Waals surface area contributed by atoms with Crippen molar-refractivity contribution in [3.63, 3.8) is 0 Å². The SMILES string of the molecule is CC1(C)c2c(ncc3ccccc23)-c2[c-]ccc3oc4cccc1c4c23.CCC(CC)C(=O)/C=C(\O)C(CC)CC.[Ir]. The van der Waals surface area contributed by atoms with Crippen LogP contribution in [0.4, 0.5) is 0 Å². The van der Waals surface area contributed by atoms with Crippen molar-refractivity contribution in [2.75, 3.05) is 0 Å². The Kier molecular flexibility index (Phi) is 9.75. The van der Waals surface area contributed by atoms with Gasteiger partial charge in [0.25, 0.3) is 0 Å². The van der Waals surface area contributed by atoms with Gasteiger partial charge in [-0.05, 0) is 64.7 Å². The van der Waals surface area contributed by atoms with Gasteiger partial charge in [-0.3, -0.25) is 4.79 Å². The summed E-state index contributed by atoms with van der Waals surface area (Å²) in [4.78, 5) is 16.6. The van der Waals surface area contributed by atoms with E-state index in [1.807, 2.05) is 46.0 Å². The molecular formula is C37H40IrNO3-. The number of allylic oxidation sites excluding steroid dienone is 2. The van der Waals surface area contributed by atoms with Crippen molar-refractivity contribution >= 4 is 38.5 Å². The van der Waals surface area contributed by atoms with Crippen molar-refractivity contribution in [3.05, 3.63) is 89.8 Å². The van der Waals surface area contributed by atoms with Gasteiger partial charge in [0.15, 0.2) is 5.78 Å². The zero-order chi connectivity index (χ0) is 29.3. The van der Waals surface area contributed by atoms with Crippen LogP contribution in [-0.4, -0.2) is 15.9 Å². The summed E-state index contributed by atoms with van der Waals surface area (Å²) >= 11 is 0. The van der Waals surface area contributed by atoms with Crippen LogP contribution in [-0.2, 0) is 30.3 Å². The molecule has 6 rings (SSSR count). The molecule has 2 aromatic heterocycles. The smallest absolute Gasteiger partial charge is 0.162 e. The van der Waals surface area contributed by atoms with Crippen LogP contribution >= 0.6 is 0 Å². The van der Waals surface area contributed by atoms with E-state index in [1.54, 1.807) is 0 Å². The quantitative estimate of drug-likeness (QED) is 0.103. The first-order valence-electron chi connectivity index (χ1n) is 15.0. The van der Waals surface area contributed by atoms with Gasteiger partial charge >= 0.3 is 0 Å². The molecule has 42 heavy (non-hydrogen) atoms. The number of hydrogen-bond donors (Lipinski definition) is 1. The van der Waals surface area contributed by atoms with E-state index in [2.05, 4.69) is 62.4 Å². The van der Waals surface area contributed by atoms with Gasteiger partial charge < -0.3 is 14.5 Å². The van der Waals surface area contributed by atoms with Gasteiger partial charge in [0.05, 0.1) is 11.3 Å². The number of rotatable bonds is 7. The predicted molar refractivity (Wildman–Crippen MR) is 169 cm³/mol. The van der Waals surface area contributed by atoms with Crippen molar-refractivity contribution in [2.45, 2.75) is 72.6 Å². The van der Waals surface area contributed by atoms with E-state index >= 15 is 0 Å². The van der Waals surface area contributed by atoms with E-state index in [9.17, 15) is 9.90 Å². The van der Waals surface area contributed by atoms with E-state index in [-0.39, 0.29) is 48.9 Å². The Morgan fingerprint density at radius 2 is 1.60 bits per heavy atom. The van der Waals surface area contributed by atoms with Gasteiger partial charge in [-0.15, -0.1) is 17.7 Å². The van der Waals surface area contributed by atoms with Crippen LogP contribution in [0.3, 0.4) is 0 Å². The molecule has 0 spiro atoms. The molecule has 4 nitrogen and oxygen atoms in total. The maximum absolute atomic E-state index is 11.7. The summed E-state index contributed by atoms with van der Waals surface area (Å²) in [6.45, 7) is 12.7. The summed E-state index contributed by atoms with van der Waals surface area (Å²) in [6, 6.07) is 22.3. The van der Waals surface area contributed by atoms with Crippen LogP contribution in [0.2, 0.25) is 0 Å². The fourth-order valence-electron chi connectivity index (χ4n) is 6.41. The second-order valence-electron chi connectivity index (χ2n) is 11.6. The summed E-state index contributed by atoms with van der Waals surface area (Å²) < 4.78 is 6.16. The molecule has 0 atom stereocenters. The van der Waals surface area contributed by atoms with Crippen LogP contribution in [0.25, 0.3) is 44.0 Å². The number of carbonyl (C=O) groups excluding carboxylic acids is 1. The number of nitrogens with zero attached hydrogens (tertiary/aromatic N) is 1. The molecule has 2 heterocycles. The van der Waals surface area contributed by atoms with E-state index in [4.69, 9.17) is 9.40 Å². The molecule has 1 radical (unpaired) electrons. The summed E-state index contributed by atoms with van der Waals surface area (Å²) in [5, 5.41) is 14.5. The average molecular weight is 739 g/mol. The Bertz CT molecular complexity index is 1760. The number of pyridine rings is 1. The third kappa shape index (κ3) is 5.45. The van der Waals surface area contributed by atoms with Gasteiger partial charge in [-0.2, -0.15) is 0 Å². The fourth-order valence-corrected chi connectivity index (χ4v) is 6.41. The summed E-state index contributed by atoms with van der Waals surface area (Å²) in [5.74, 6) is 0.547. The average Bonchev–Trinajstić information content (AvgIpc) is 3.33. The monoisotopic (exact) mass is 739 g/mol. The maximum atomic E-state index is 11.7. The second kappa shape index (κ2) is 12.9. The molecule has 0 aliphatic heterocycles. The van der Waals surface area contributed by atoms with Crippen LogP contribution in [0.15, 0.2) is 77.0 Å². The molecule has 5 aromatic rings. The number of fused-ring (bicyclic) bond motifs is 4. The number of benzene rings is 3. The zero-order valence-electron chi connectivity index (χ0n) is 25.4. The number of aliphatic hydroxyl groups excluding tert-OH is 1. The van der Waals surface area contributed by atoms with Crippen LogP contribution in [0.5, 0.6) is 0 Å². The standard InChI is InChI=1S/C24H16NO.C13H24O2.Ir/c1-24(2)17-10-6-12-19-21(17)20-16(9-5-11-18(20)26-19)23-22(24)15-8-4-3-7-14(15)13-25-23;1-5-10(6-2)12(14)9-13(15)11(7-3)8-4;/h3-8,10-13H,1-2H3;9-11,14H,5-8H2,1-4H3;/q-1;;/b;12-9-;. The molecule has 3 aromatic carbocycles. The Labute approximate surface area is 262 Å².